The maximum absolute atomic E-state index is 12.5. The van der Waals surface area contributed by atoms with Gasteiger partial charge in [-0.3, -0.25) is 4.79 Å². The van der Waals surface area contributed by atoms with Crippen molar-refractivity contribution in [1.29, 1.82) is 0 Å². The highest BCUT2D eigenvalue weighted by Crippen LogP contribution is 2.41. The summed E-state index contributed by atoms with van der Waals surface area (Å²) >= 11 is 1.61. The van der Waals surface area contributed by atoms with Crippen LogP contribution in [0.3, 0.4) is 0 Å². The van der Waals surface area contributed by atoms with Gasteiger partial charge in [-0.05, 0) is 50.5 Å². The third kappa shape index (κ3) is 2.68. The molecule has 0 radical (unpaired) electrons. The molecule has 3 rings (SSSR count). The zero-order valence-corrected chi connectivity index (χ0v) is 13.4. The zero-order valence-electron chi connectivity index (χ0n) is 12.6. The Morgan fingerprint density at radius 3 is 2.57 bits per heavy atom. The van der Waals surface area contributed by atoms with Gasteiger partial charge in [0.15, 0.2) is 0 Å². The number of rotatable bonds is 2. The Balaban J connectivity index is 1.92. The molecule has 0 saturated carbocycles. The van der Waals surface area contributed by atoms with Gasteiger partial charge in [-0.15, -0.1) is 0 Å². The summed E-state index contributed by atoms with van der Waals surface area (Å²) in [7, 11) is 0. The number of carbonyl (C=O) groups is 1. The number of ketones is 1. The van der Waals surface area contributed by atoms with Crippen LogP contribution in [0.1, 0.15) is 34.0 Å². The van der Waals surface area contributed by atoms with Crippen LogP contribution in [0.4, 0.5) is 0 Å². The van der Waals surface area contributed by atoms with Crippen LogP contribution >= 0.6 is 11.8 Å². The van der Waals surface area contributed by atoms with Crippen molar-refractivity contribution in [3.05, 3.63) is 75.2 Å². The number of carbonyl (C=O) groups excluding carboxylic acids is 1. The van der Waals surface area contributed by atoms with E-state index in [0.29, 0.717) is 0 Å². The van der Waals surface area contributed by atoms with E-state index in [2.05, 4.69) is 39.0 Å². The lowest BCUT2D eigenvalue weighted by Crippen LogP contribution is -2.00. The summed E-state index contributed by atoms with van der Waals surface area (Å²) in [6.45, 7) is 6.32. The predicted octanol–water partition coefficient (Wildman–Crippen LogP) is 5.11. The van der Waals surface area contributed by atoms with E-state index in [1.807, 2.05) is 24.3 Å². The molecule has 0 fully saturated rings. The first-order chi connectivity index (χ1) is 10.1. The number of allylic oxidation sites excluding steroid dienone is 2. The molecule has 0 unspecified atom stereocenters. The Morgan fingerprint density at radius 2 is 1.86 bits per heavy atom. The van der Waals surface area contributed by atoms with Crippen LogP contribution in [0.2, 0.25) is 0 Å². The fraction of sp³-hybridized carbons (Fsp3) is 0.211. The van der Waals surface area contributed by atoms with Crippen molar-refractivity contribution in [2.24, 2.45) is 0 Å². The van der Waals surface area contributed by atoms with E-state index in [0.717, 1.165) is 27.4 Å². The second-order valence-corrected chi connectivity index (χ2v) is 6.70. The smallest absolute Gasteiger partial charge is 0.200 e. The Labute approximate surface area is 130 Å². The predicted molar refractivity (Wildman–Crippen MR) is 88.9 cm³/mol. The van der Waals surface area contributed by atoms with E-state index in [9.17, 15) is 4.79 Å². The molecule has 2 aromatic rings. The van der Waals surface area contributed by atoms with Crippen molar-refractivity contribution in [1.82, 2.24) is 0 Å². The minimum Gasteiger partial charge on any atom is -0.288 e. The molecule has 1 heterocycles. The lowest BCUT2D eigenvalue weighted by atomic mass is 9.98. The van der Waals surface area contributed by atoms with Gasteiger partial charge in [0, 0.05) is 10.5 Å². The largest absolute Gasteiger partial charge is 0.288 e. The number of aryl methyl sites for hydroxylation is 2. The molecule has 106 valence electrons. The highest BCUT2D eigenvalue weighted by Gasteiger charge is 2.26. The number of fused-ring (bicyclic) bond motifs is 1. The topological polar surface area (TPSA) is 17.1 Å². The summed E-state index contributed by atoms with van der Waals surface area (Å²) in [4.78, 5) is 14.5. The van der Waals surface area contributed by atoms with Crippen molar-refractivity contribution < 1.29 is 4.79 Å². The highest BCUT2D eigenvalue weighted by molar-refractivity contribution is 8.04. The van der Waals surface area contributed by atoms with Crippen LogP contribution < -0.4 is 0 Å². The normalized spacial score (nSPS) is 16.0. The molecule has 0 atom stereocenters. The molecule has 0 saturated heterocycles. The van der Waals surface area contributed by atoms with Gasteiger partial charge in [0.2, 0.25) is 5.78 Å². The average Bonchev–Trinajstić information content (AvgIpc) is 2.80. The third-order valence-electron chi connectivity index (χ3n) is 3.89. The summed E-state index contributed by atoms with van der Waals surface area (Å²) in [5.41, 5.74) is 5.88. The molecule has 1 nitrogen and oxygen atoms in total. The van der Waals surface area contributed by atoms with Crippen molar-refractivity contribution in [2.75, 3.05) is 0 Å². The Hall–Kier alpha value is -1.80. The summed E-state index contributed by atoms with van der Waals surface area (Å²) in [6.07, 6.45) is 0.841. The maximum Gasteiger partial charge on any atom is 0.200 e. The quantitative estimate of drug-likeness (QED) is 0.716. The second kappa shape index (κ2) is 5.53. The molecule has 21 heavy (non-hydrogen) atoms. The first kappa shape index (κ1) is 14.2. The molecule has 0 aromatic heterocycles. The molecule has 2 heteroatoms. The number of benzene rings is 2. The molecule has 0 amide bonds. The van der Waals surface area contributed by atoms with Gasteiger partial charge in [0.25, 0.3) is 0 Å². The molecule has 0 N–H and O–H groups in total. The Morgan fingerprint density at radius 1 is 1.10 bits per heavy atom. The summed E-state index contributed by atoms with van der Waals surface area (Å²) in [5, 5.41) is 0. The fourth-order valence-electron chi connectivity index (χ4n) is 2.71. The van der Waals surface area contributed by atoms with E-state index >= 15 is 0 Å². The van der Waals surface area contributed by atoms with Crippen LogP contribution in [0, 0.1) is 13.8 Å². The van der Waals surface area contributed by atoms with Crippen LogP contribution in [-0.2, 0) is 6.42 Å². The molecular weight excluding hydrogens is 276 g/mol. The molecule has 1 aliphatic rings. The number of hydrogen-bond donors (Lipinski definition) is 0. The zero-order chi connectivity index (χ0) is 15.0. The Kier molecular flexibility index (Phi) is 3.73. The number of Topliss-reactive ketones (excluding diaryl/α,β-unsaturated/α-hetero) is 1. The molecule has 0 spiro atoms. The first-order valence-corrected chi connectivity index (χ1v) is 7.95. The monoisotopic (exact) mass is 294 g/mol. The second-order valence-electron chi connectivity index (χ2n) is 5.64. The van der Waals surface area contributed by atoms with Crippen molar-refractivity contribution in [2.45, 2.75) is 32.1 Å². The lowest BCUT2D eigenvalue weighted by molar-refractivity contribution is 0.104. The lowest BCUT2D eigenvalue weighted by Gasteiger charge is -2.09. The van der Waals surface area contributed by atoms with E-state index < -0.39 is 0 Å². The van der Waals surface area contributed by atoms with Gasteiger partial charge in [-0.1, -0.05) is 53.2 Å². The van der Waals surface area contributed by atoms with E-state index in [1.54, 1.807) is 11.8 Å². The maximum atomic E-state index is 12.5. The summed E-state index contributed by atoms with van der Waals surface area (Å²) < 4.78 is 0. The molecule has 0 aliphatic carbocycles. The summed E-state index contributed by atoms with van der Waals surface area (Å²) in [6, 6.07) is 14.4. The van der Waals surface area contributed by atoms with Crippen LogP contribution in [0.5, 0.6) is 0 Å². The SMILES string of the molecule is C/C(Cc1ccc(C)cc1C)=C1\Sc2ccccc2C1=O. The van der Waals surface area contributed by atoms with Gasteiger partial charge >= 0.3 is 0 Å². The van der Waals surface area contributed by atoms with Crippen molar-refractivity contribution in [3.63, 3.8) is 0 Å². The van der Waals surface area contributed by atoms with Gasteiger partial charge in [-0.2, -0.15) is 0 Å². The van der Waals surface area contributed by atoms with Gasteiger partial charge in [0.05, 0.1) is 4.91 Å². The van der Waals surface area contributed by atoms with E-state index in [-0.39, 0.29) is 5.78 Å². The van der Waals surface area contributed by atoms with Crippen LogP contribution in [-0.4, -0.2) is 5.78 Å². The van der Waals surface area contributed by atoms with Crippen LogP contribution in [0.25, 0.3) is 0 Å². The standard InChI is InChI=1S/C19H18OS/c1-12-8-9-15(13(2)10-12)11-14(3)19-18(20)16-6-4-5-7-17(16)21-19/h4-10H,11H2,1-3H3/b19-14+. The minimum absolute atomic E-state index is 0.179. The molecule has 0 bridgehead atoms. The van der Waals surface area contributed by atoms with Gasteiger partial charge in [-0.25, -0.2) is 0 Å². The average molecular weight is 294 g/mol. The fourth-order valence-corrected chi connectivity index (χ4v) is 3.80. The third-order valence-corrected chi connectivity index (χ3v) is 5.21. The van der Waals surface area contributed by atoms with Crippen molar-refractivity contribution >= 4 is 17.5 Å². The van der Waals surface area contributed by atoms with E-state index in [1.165, 1.54) is 16.7 Å². The van der Waals surface area contributed by atoms with E-state index in [4.69, 9.17) is 0 Å². The number of hydrogen-bond acceptors (Lipinski definition) is 2. The molecule has 1 aliphatic heterocycles. The first-order valence-electron chi connectivity index (χ1n) is 7.13. The highest BCUT2D eigenvalue weighted by atomic mass is 32.2. The van der Waals surface area contributed by atoms with Gasteiger partial charge < -0.3 is 0 Å². The van der Waals surface area contributed by atoms with Crippen molar-refractivity contribution in [3.8, 4) is 0 Å². The van der Waals surface area contributed by atoms with Gasteiger partial charge in [0.1, 0.15) is 0 Å². The number of thioether (sulfide) groups is 1. The Bertz CT molecular complexity index is 756. The molecule has 2 aromatic carbocycles. The summed E-state index contributed by atoms with van der Waals surface area (Å²) in [5.74, 6) is 0.179. The molecular formula is C19H18OS. The van der Waals surface area contributed by atoms with Crippen LogP contribution in [0.15, 0.2) is 57.8 Å². The minimum atomic E-state index is 0.179.